The van der Waals surface area contributed by atoms with Gasteiger partial charge in [-0.3, -0.25) is 19.8 Å². The van der Waals surface area contributed by atoms with E-state index in [1.54, 1.807) is 24.0 Å². The Morgan fingerprint density at radius 3 is 2.76 bits per heavy atom. The molecule has 0 saturated carbocycles. The van der Waals surface area contributed by atoms with Crippen LogP contribution in [0.1, 0.15) is 13.8 Å². The molecule has 0 bridgehead atoms. The SMILES string of the molecule is CN1CCN(CCNC(=O)Nc2ccnn2C)CC1(C)C. The Hall–Kier alpha value is -1.60. The fourth-order valence-electron chi connectivity index (χ4n) is 2.52. The third kappa shape index (κ3) is 4.18. The van der Waals surface area contributed by atoms with Crippen LogP contribution in [0, 0.1) is 0 Å². The van der Waals surface area contributed by atoms with Crippen molar-refractivity contribution < 1.29 is 4.79 Å². The Bertz CT molecular complexity index is 484. The van der Waals surface area contributed by atoms with Gasteiger partial charge in [0.25, 0.3) is 0 Å². The molecule has 21 heavy (non-hydrogen) atoms. The van der Waals surface area contributed by atoms with Crippen LogP contribution in [0.15, 0.2) is 12.3 Å². The Balaban J connectivity index is 1.70. The van der Waals surface area contributed by atoms with Crippen LogP contribution in [0.5, 0.6) is 0 Å². The molecule has 1 saturated heterocycles. The first-order valence-corrected chi connectivity index (χ1v) is 7.35. The molecule has 2 N–H and O–H groups in total. The summed E-state index contributed by atoms with van der Waals surface area (Å²) in [6, 6.07) is 1.58. The number of hydrogen-bond donors (Lipinski definition) is 2. The van der Waals surface area contributed by atoms with E-state index in [-0.39, 0.29) is 11.6 Å². The first kappa shape index (κ1) is 15.8. The van der Waals surface area contributed by atoms with Gasteiger partial charge in [0.05, 0.1) is 6.20 Å². The van der Waals surface area contributed by atoms with Gasteiger partial charge in [0.2, 0.25) is 0 Å². The third-order valence-corrected chi connectivity index (χ3v) is 4.17. The lowest BCUT2D eigenvalue weighted by Gasteiger charge is -2.45. The molecule has 0 unspecified atom stereocenters. The summed E-state index contributed by atoms with van der Waals surface area (Å²) in [6.45, 7) is 9.15. The molecule has 1 aromatic heterocycles. The number of rotatable bonds is 4. The van der Waals surface area contributed by atoms with E-state index >= 15 is 0 Å². The molecule has 0 aromatic carbocycles. The second kappa shape index (κ2) is 6.44. The average molecular weight is 294 g/mol. The fourth-order valence-corrected chi connectivity index (χ4v) is 2.52. The fraction of sp³-hybridized carbons (Fsp3) is 0.714. The van der Waals surface area contributed by atoms with Gasteiger partial charge in [0.15, 0.2) is 0 Å². The van der Waals surface area contributed by atoms with Crippen molar-refractivity contribution in [2.24, 2.45) is 7.05 Å². The van der Waals surface area contributed by atoms with E-state index in [9.17, 15) is 4.79 Å². The first-order chi connectivity index (χ1) is 9.88. The van der Waals surface area contributed by atoms with Crippen LogP contribution in [-0.2, 0) is 7.05 Å². The lowest BCUT2D eigenvalue weighted by molar-refractivity contribution is 0.0411. The smallest absolute Gasteiger partial charge is 0.320 e. The van der Waals surface area contributed by atoms with E-state index in [4.69, 9.17) is 0 Å². The maximum absolute atomic E-state index is 11.8. The number of carbonyl (C=O) groups excluding carboxylic acids is 1. The summed E-state index contributed by atoms with van der Waals surface area (Å²) in [5, 5.41) is 9.67. The quantitative estimate of drug-likeness (QED) is 0.852. The van der Waals surface area contributed by atoms with Crippen LogP contribution < -0.4 is 10.6 Å². The van der Waals surface area contributed by atoms with Gasteiger partial charge in [0, 0.05) is 51.4 Å². The Morgan fingerprint density at radius 2 is 2.14 bits per heavy atom. The molecule has 2 rings (SSSR count). The van der Waals surface area contributed by atoms with Crippen molar-refractivity contribution in [3.63, 3.8) is 0 Å². The average Bonchev–Trinajstić information content (AvgIpc) is 2.79. The van der Waals surface area contributed by atoms with Gasteiger partial charge in [-0.1, -0.05) is 0 Å². The highest BCUT2D eigenvalue weighted by atomic mass is 16.2. The number of likely N-dealkylation sites (N-methyl/N-ethyl adjacent to an activating group) is 1. The molecule has 7 nitrogen and oxygen atoms in total. The first-order valence-electron chi connectivity index (χ1n) is 7.35. The van der Waals surface area contributed by atoms with E-state index in [2.05, 4.69) is 46.4 Å². The van der Waals surface area contributed by atoms with Gasteiger partial charge in [-0.15, -0.1) is 0 Å². The molecule has 1 aliphatic rings. The number of aryl methyl sites for hydroxylation is 1. The Kier molecular flexibility index (Phi) is 4.84. The maximum atomic E-state index is 11.8. The molecule has 2 amide bonds. The number of anilines is 1. The van der Waals surface area contributed by atoms with Crippen LogP contribution in [0.4, 0.5) is 10.6 Å². The number of amides is 2. The molecule has 1 fully saturated rings. The standard InChI is InChI=1S/C14H26N6O/c1-14(2)11-20(10-9-18(14)3)8-7-15-13(21)17-12-5-6-16-19(12)4/h5-6H,7-11H2,1-4H3,(H2,15,17,21). The second-order valence-electron chi connectivity index (χ2n) is 6.23. The topological polar surface area (TPSA) is 65.4 Å². The normalized spacial score (nSPS) is 19.4. The zero-order valence-corrected chi connectivity index (χ0v) is 13.4. The number of nitrogens with zero attached hydrogens (tertiary/aromatic N) is 4. The number of carbonyl (C=O) groups is 1. The minimum Gasteiger partial charge on any atom is -0.337 e. The summed E-state index contributed by atoms with van der Waals surface area (Å²) in [7, 11) is 3.96. The molecular formula is C14H26N6O. The molecule has 118 valence electrons. The zero-order valence-electron chi connectivity index (χ0n) is 13.4. The summed E-state index contributed by atoms with van der Waals surface area (Å²) in [5.74, 6) is 0.688. The monoisotopic (exact) mass is 294 g/mol. The van der Waals surface area contributed by atoms with E-state index in [0.29, 0.717) is 12.4 Å². The highest BCUT2D eigenvalue weighted by Gasteiger charge is 2.30. The second-order valence-corrected chi connectivity index (χ2v) is 6.23. The molecule has 0 spiro atoms. The van der Waals surface area contributed by atoms with Crippen molar-refractivity contribution in [1.29, 1.82) is 0 Å². The molecule has 2 heterocycles. The Morgan fingerprint density at radius 1 is 1.38 bits per heavy atom. The number of urea groups is 1. The van der Waals surface area contributed by atoms with Gasteiger partial charge >= 0.3 is 6.03 Å². The van der Waals surface area contributed by atoms with Gasteiger partial charge in [0.1, 0.15) is 5.82 Å². The highest BCUT2D eigenvalue weighted by Crippen LogP contribution is 2.18. The summed E-state index contributed by atoms with van der Waals surface area (Å²) < 4.78 is 1.63. The van der Waals surface area contributed by atoms with Crippen LogP contribution in [0.25, 0.3) is 0 Å². The van der Waals surface area contributed by atoms with Crippen molar-refractivity contribution in [3.05, 3.63) is 12.3 Å². The zero-order chi connectivity index (χ0) is 15.5. The van der Waals surface area contributed by atoms with E-state index in [1.807, 2.05) is 0 Å². The Labute approximate surface area is 126 Å². The maximum Gasteiger partial charge on any atom is 0.320 e. The van der Waals surface area contributed by atoms with Gasteiger partial charge in [-0.25, -0.2) is 4.79 Å². The molecular weight excluding hydrogens is 268 g/mol. The summed E-state index contributed by atoms with van der Waals surface area (Å²) in [6.07, 6.45) is 1.65. The van der Waals surface area contributed by atoms with Crippen LogP contribution in [0.3, 0.4) is 0 Å². The number of hydrogen-bond acceptors (Lipinski definition) is 4. The largest absolute Gasteiger partial charge is 0.337 e. The summed E-state index contributed by atoms with van der Waals surface area (Å²) in [5.41, 5.74) is 0.190. The van der Waals surface area contributed by atoms with Crippen molar-refractivity contribution in [3.8, 4) is 0 Å². The van der Waals surface area contributed by atoms with Crippen molar-refractivity contribution in [2.75, 3.05) is 45.1 Å². The van der Waals surface area contributed by atoms with Crippen LogP contribution in [-0.4, -0.2) is 70.9 Å². The number of piperazine rings is 1. The van der Waals surface area contributed by atoms with Crippen molar-refractivity contribution in [1.82, 2.24) is 24.9 Å². The third-order valence-electron chi connectivity index (χ3n) is 4.17. The number of aromatic nitrogens is 2. The minimum atomic E-state index is -0.188. The van der Waals surface area contributed by atoms with Crippen LogP contribution in [0.2, 0.25) is 0 Å². The van der Waals surface area contributed by atoms with Crippen molar-refractivity contribution in [2.45, 2.75) is 19.4 Å². The lowest BCUT2D eigenvalue weighted by Crippen LogP contribution is -2.58. The molecule has 0 aliphatic carbocycles. The van der Waals surface area contributed by atoms with E-state index in [0.717, 1.165) is 26.2 Å². The molecule has 1 aliphatic heterocycles. The van der Waals surface area contributed by atoms with E-state index in [1.165, 1.54) is 0 Å². The number of nitrogens with one attached hydrogen (secondary N) is 2. The lowest BCUT2D eigenvalue weighted by atomic mass is 10.00. The highest BCUT2D eigenvalue weighted by molar-refractivity contribution is 5.88. The predicted molar refractivity (Wildman–Crippen MR) is 83.4 cm³/mol. The van der Waals surface area contributed by atoms with E-state index < -0.39 is 0 Å². The molecule has 1 aromatic rings. The van der Waals surface area contributed by atoms with Gasteiger partial charge in [-0.2, -0.15) is 5.10 Å². The van der Waals surface area contributed by atoms with Gasteiger partial charge in [-0.05, 0) is 20.9 Å². The molecule has 0 atom stereocenters. The van der Waals surface area contributed by atoms with Crippen LogP contribution >= 0.6 is 0 Å². The minimum absolute atomic E-state index is 0.188. The van der Waals surface area contributed by atoms with Gasteiger partial charge < -0.3 is 5.32 Å². The molecule has 7 heteroatoms. The predicted octanol–water partition coefficient (Wildman–Crippen LogP) is 0.568. The summed E-state index contributed by atoms with van der Waals surface area (Å²) in [4.78, 5) is 16.6. The van der Waals surface area contributed by atoms with Crippen molar-refractivity contribution >= 4 is 11.8 Å². The summed E-state index contributed by atoms with van der Waals surface area (Å²) >= 11 is 0. The molecule has 0 radical (unpaired) electrons.